The zero-order valence-corrected chi connectivity index (χ0v) is 18.1. The second-order valence-electron chi connectivity index (χ2n) is 6.69. The minimum atomic E-state index is -0.187. The van der Waals surface area contributed by atoms with Crippen LogP contribution >= 0.6 is 34.5 Å². The molecule has 0 N–H and O–H groups in total. The van der Waals surface area contributed by atoms with E-state index in [4.69, 9.17) is 28.2 Å². The number of amides is 1. The molecule has 3 aromatic carbocycles. The summed E-state index contributed by atoms with van der Waals surface area (Å²) in [6.07, 6.45) is 0.955. The Morgan fingerprint density at radius 3 is 2.38 bits per heavy atom. The van der Waals surface area contributed by atoms with E-state index >= 15 is 0 Å². The first-order valence-electron chi connectivity index (χ1n) is 9.25. The molecule has 146 valence electrons. The molecule has 0 saturated heterocycles. The number of rotatable bonds is 5. The molecule has 0 aliphatic heterocycles. The van der Waals surface area contributed by atoms with Crippen molar-refractivity contribution < 1.29 is 4.79 Å². The Bertz CT molecular complexity index is 1150. The zero-order valence-electron chi connectivity index (χ0n) is 15.7. The maximum absolute atomic E-state index is 13.4. The second-order valence-corrected chi connectivity index (χ2v) is 8.57. The maximum Gasteiger partial charge on any atom is 0.260 e. The third kappa shape index (κ3) is 4.45. The van der Waals surface area contributed by atoms with E-state index in [1.54, 1.807) is 23.1 Å². The van der Waals surface area contributed by atoms with Crippen molar-refractivity contribution in [1.82, 2.24) is 4.98 Å². The van der Waals surface area contributed by atoms with Gasteiger partial charge >= 0.3 is 0 Å². The molecular weight excluding hydrogens is 423 g/mol. The predicted molar refractivity (Wildman–Crippen MR) is 122 cm³/mol. The minimum absolute atomic E-state index is 0.187. The number of thiazole rings is 1. The normalized spacial score (nSPS) is 11.0. The highest BCUT2D eigenvalue weighted by atomic mass is 35.5. The third-order valence-corrected chi connectivity index (χ3v) is 6.10. The fraction of sp³-hybridized carbons (Fsp3) is 0.130. The summed E-state index contributed by atoms with van der Waals surface area (Å²) in [7, 11) is 0. The number of benzene rings is 3. The van der Waals surface area contributed by atoms with E-state index in [-0.39, 0.29) is 5.91 Å². The molecule has 4 rings (SSSR count). The zero-order chi connectivity index (χ0) is 20.4. The molecule has 29 heavy (non-hydrogen) atoms. The van der Waals surface area contributed by atoms with Gasteiger partial charge in [-0.25, -0.2) is 4.98 Å². The minimum Gasteiger partial charge on any atom is -0.279 e. The van der Waals surface area contributed by atoms with Crippen molar-refractivity contribution in [3.8, 4) is 0 Å². The van der Waals surface area contributed by atoms with Crippen LogP contribution in [0.4, 0.5) is 5.13 Å². The van der Waals surface area contributed by atoms with Gasteiger partial charge < -0.3 is 0 Å². The Labute approximate surface area is 183 Å². The monoisotopic (exact) mass is 440 g/mol. The fourth-order valence-corrected chi connectivity index (χ4v) is 4.67. The van der Waals surface area contributed by atoms with Crippen molar-refractivity contribution in [2.75, 3.05) is 4.90 Å². The lowest BCUT2D eigenvalue weighted by Crippen LogP contribution is -2.30. The molecule has 6 heteroatoms. The second kappa shape index (κ2) is 8.54. The average Bonchev–Trinajstić information content (AvgIpc) is 3.14. The van der Waals surface area contributed by atoms with Crippen molar-refractivity contribution in [3.63, 3.8) is 0 Å². The number of aromatic nitrogens is 1. The molecule has 1 heterocycles. The van der Waals surface area contributed by atoms with Crippen molar-refractivity contribution in [2.45, 2.75) is 19.9 Å². The number of hydrogen-bond donors (Lipinski definition) is 0. The lowest BCUT2D eigenvalue weighted by Gasteiger charge is -2.20. The van der Waals surface area contributed by atoms with E-state index in [0.29, 0.717) is 27.3 Å². The number of hydrogen-bond acceptors (Lipinski definition) is 3. The first-order chi connectivity index (χ1) is 14.0. The summed E-state index contributed by atoms with van der Waals surface area (Å²) >= 11 is 13.8. The number of nitrogens with zero attached hydrogens (tertiary/aromatic N) is 2. The van der Waals surface area contributed by atoms with Gasteiger partial charge in [-0.05, 0) is 47.9 Å². The first kappa shape index (κ1) is 19.9. The summed E-state index contributed by atoms with van der Waals surface area (Å²) in [6.45, 7) is 2.53. The lowest BCUT2D eigenvalue weighted by atomic mass is 10.1. The highest BCUT2D eigenvalue weighted by molar-refractivity contribution is 7.22. The summed E-state index contributed by atoms with van der Waals surface area (Å²) in [5.41, 5.74) is 3.59. The quantitative estimate of drug-likeness (QED) is 0.334. The van der Waals surface area contributed by atoms with Gasteiger partial charge in [-0.2, -0.15) is 0 Å². The van der Waals surface area contributed by atoms with E-state index in [2.05, 4.69) is 19.1 Å². The molecule has 0 unspecified atom stereocenters. The standard InChI is InChI=1S/C23H18Cl2N2OS/c1-2-15-8-9-20-21(10-15)29-23(26-20)27(14-16-6-4-3-5-7-16)22(28)17-11-18(24)13-19(25)12-17/h3-13H,2,14H2,1H3. The molecular formula is C23H18Cl2N2OS. The molecule has 0 aliphatic carbocycles. The number of aryl methyl sites for hydroxylation is 1. The molecule has 0 fully saturated rings. The van der Waals surface area contributed by atoms with Crippen molar-refractivity contribution >= 4 is 55.8 Å². The van der Waals surface area contributed by atoms with E-state index in [0.717, 1.165) is 22.2 Å². The van der Waals surface area contributed by atoms with Gasteiger partial charge in [-0.15, -0.1) is 0 Å². The van der Waals surface area contributed by atoms with E-state index in [1.165, 1.54) is 16.9 Å². The molecule has 0 radical (unpaired) electrons. The number of halogens is 2. The lowest BCUT2D eigenvalue weighted by molar-refractivity contribution is 0.0985. The molecule has 0 spiro atoms. The van der Waals surface area contributed by atoms with Crippen molar-refractivity contribution in [1.29, 1.82) is 0 Å². The Morgan fingerprint density at radius 2 is 1.69 bits per heavy atom. The van der Waals surface area contributed by atoms with E-state index in [9.17, 15) is 4.79 Å². The van der Waals surface area contributed by atoms with Crippen LogP contribution < -0.4 is 4.90 Å². The molecule has 3 nitrogen and oxygen atoms in total. The molecule has 0 bridgehead atoms. The van der Waals surface area contributed by atoms with Gasteiger partial charge in [0.1, 0.15) is 0 Å². The number of carbonyl (C=O) groups excluding carboxylic acids is 1. The first-order valence-corrected chi connectivity index (χ1v) is 10.8. The number of fused-ring (bicyclic) bond motifs is 1. The fourth-order valence-electron chi connectivity index (χ4n) is 3.12. The molecule has 4 aromatic rings. The largest absolute Gasteiger partial charge is 0.279 e. The predicted octanol–water partition coefficient (Wildman–Crippen LogP) is 7.01. The Hall–Kier alpha value is -2.40. The highest BCUT2D eigenvalue weighted by Gasteiger charge is 2.22. The Morgan fingerprint density at radius 1 is 0.966 bits per heavy atom. The average molecular weight is 441 g/mol. The van der Waals surface area contributed by atoms with E-state index in [1.807, 2.05) is 36.4 Å². The summed E-state index contributed by atoms with van der Waals surface area (Å²) in [6, 6.07) is 21.0. The van der Waals surface area contributed by atoms with Crippen molar-refractivity contribution in [2.24, 2.45) is 0 Å². The van der Waals surface area contributed by atoms with E-state index < -0.39 is 0 Å². The van der Waals surface area contributed by atoms with Crippen LogP contribution in [-0.4, -0.2) is 10.9 Å². The molecule has 1 amide bonds. The Balaban J connectivity index is 1.78. The third-order valence-electron chi connectivity index (χ3n) is 4.62. The van der Waals surface area contributed by atoms with Crippen LogP contribution in [0.15, 0.2) is 66.7 Å². The van der Waals surface area contributed by atoms with Gasteiger partial charge in [0, 0.05) is 15.6 Å². The van der Waals surface area contributed by atoms with Crippen LogP contribution in [-0.2, 0) is 13.0 Å². The van der Waals surface area contributed by atoms with Crippen LogP contribution in [0.3, 0.4) is 0 Å². The van der Waals surface area contributed by atoms with Crippen LogP contribution in [0.1, 0.15) is 28.4 Å². The molecule has 0 atom stereocenters. The summed E-state index contributed by atoms with van der Waals surface area (Å²) in [5, 5.41) is 1.51. The molecule has 0 aliphatic rings. The topological polar surface area (TPSA) is 33.2 Å². The summed E-state index contributed by atoms with van der Waals surface area (Å²) in [5.74, 6) is -0.187. The van der Waals surface area contributed by atoms with Gasteiger partial charge in [-0.3, -0.25) is 9.69 Å². The number of anilines is 1. The van der Waals surface area contributed by atoms with Gasteiger partial charge in [0.25, 0.3) is 5.91 Å². The van der Waals surface area contributed by atoms with Crippen LogP contribution in [0.5, 0.6) is 0 Å². The van der Waals surface area contributed by atoms with Gasteiger partial charge in [0.05, 0.1) is 16.8 Å². The SMILES string of the molecule is CCc1ccc2nc(N(Cc3ccccc3)C(=O)c3cc(Cl)cc(Cl)c3)sc2c1. The molecule has 0 saturated carbocycles. The van der Waals surface area contributed by atoms with Gasteiger partial charge in [-0.1, -0.05) is 77.9 Å². The van der Waals surface area contributed by atoms with Crippen LogP contribution in [0.2, 0.25) is 10.0 Å². The van der Waals surface area contributed by atoms with Gasteiger partial charge in [0.2, 0.25) is 0 Å². The van der Waals surface area contributed by atoms with Crippen molar-refractivity contribution in [3.05, 3.63) is 93.5 Å². The molecule has 1 aromatic heterocycles. The van der Waals surface area contributed by atoms with Gasteiger partial charge in [0.15, 0.2) is 5.13 Å². The summed E-state index contributed by atoms with van der Waals surface area (Å²) in [4.78, 5) is 19.9. The Kier molecular flexibility index (Phi) is 5.86. The number of carbonyl (C=O) groups is 1. The highest BCUT2D eigenvalue weighted by Crippen LogP contribution is 2.32. The van der Waals surface area contributed by atoms with Crippen LogP contribution in [0, 0.1) is 0 Å². The maximum atomic E-state index is 13.4. The summed E-state index contributed by atoms with van der Waals surface area (Å²) < 4.78 is 1.06. The smallest absolute Gasteiger partial charge is 0.260 e. The van der Waals surface area contributed by atoms with Crippen LogP contribution in [0.25, 0.3) is 10.2 Å².